The molecule has 0 aliphatic heterocycles. The third-order valence-corrected chi connectivity index (χ3v) is 14.1. The molecule has 17 heteroatoms. The van der Waals surface area contributed by atoms with Crippen LogP contribution in [0.4, 0.5) is 0 Å². The molecule has 2 aromatic heterocycles. The van der Waals surface area contributed by atoms with Crippen molar-refractivity contribution in [1.82, 2.24) is 4.98 Å². The Morgan fingerprint density at radius 2 is 1.07 bits per heavy atom. The van der Waals surface area contributed by atoms with E-state index in [1.54, 1.807) is 60.7 Å². The van der Waals surface area contributed by atoms with E-state index in [1.165, 1.54) is 11.3 Å². The van der Waals surface area contributed by atoms with Crippen LogP contribution in [0.5, 0.6) is 34.5 Å². The van der Waals surface area contributed by atoms with Gasteiger partial charge in [-0.3, -0.25) is 19.2 Å². The summed E-state index contributed by atoms with van der Waals surface area (Å²) in [4.78, 5) is 81.2. The molecular formula is C57H57NO15S. The van der Waals surface area contributed by atoms with Gasteiger partial charge in [-0.15, -0.1) is 11.3 Å². The van der Waals surface area contributed by atoms with Crippen molar-refractivity contribution in [1.29, 1.82) is 0 Å². The Morgan fingerprint density at radius 3 is 1.64 bits per heavy atom. The largest absolute Gasteiger partial charge is 0.494 e. The van der Waals surface area contributed by atoms with Gasteiger partial charge in [-0.25, -0.2) is 14.6 Å². The Labute approximate surface area is 431 Å². The van der Waals surface area contributed by atoms with Gasteiger partial charge >= 0.3 is 35.8 Å². The standard InChI is InChI=1S/C57H57NO15S/c1-5-49(59)66-29-9-7-8-28-65-40-18-22-42(23-19-40)69-54(61)36-10-14-38(15-11-36)56(63)72-45-26-27-46(52-51(45)58-53(74-52)48-32-44-35(4)30-34(3)31-47(44)71-48)73-57(64)39-16-12-37(13-17-39)55(62)70-43-24-20-41(21-25-43)67-33-68-50(60)6-2/h5-6,18-27,30-32,36-39H,1-2,7-17,28-29,33H2,3-4H3/t36-,37-,38-,39-. The Bertz CT molecular complexity index is 3010. The normalized spacial score (nSPS) is 17.4. The van der Waals surface area contributed by atoms with Gasteiger partial charge in [0.1, 0.15) is 38.8 Å². The molecule has 6 aromatic rings. The van der Waals surface area contributed by atoms with E-state index in [2.05, 4.69) is 19.2 Å². The Morgan fingerprint density at radius 1 is 0.581 bits per heavy atom. The van der Waals surface area contributed by atoms with Gasteiger partial charge in [-0.05, 0) is 168 Å². The van der Waals surface area contributed by atoms with Gasteiger partial charge in [-0.2, -0.15) is 0 Å². The second kappa shape index (κ2) is 24.8. The zero-order valence-electron chi connectivity index (χ0n) is 41.3. The first-order chi connectivity index (χ1) is 35.8. The molecule has 386 valence electrons. The minimum atomic E-state index is -0.612. The fourth-order valence-corrected chi connectivity index (χ4v) is 9.94. The number of benzene rings is 4. The predicted molar refractivity (Wildman–Crippen MR) is 273 cm³/mol. The van der Waals surface area contributed by atoms with E-state index in [0.717, 1.165) is 47.9 Å². The molecule has 0 radical (unpaired) electrons. The molecule has 0 unspecified atom stereocenters. The number of unbranched alkanes of at least 4 members (excludes halogenated alkanes) is 2. The Hall–Kier alpha value is -7.79. The molecule has 0 saturated heterocycles. The van der Waals surface area contributed by atoms with E-state index >= 15 is 0 Å². The summed E-state index contributed by atoms with van der Waals surface area (Å²) in [5.41, 5.74) is 3.13. The van der Waals surface area contributed by atoms with E-state index in [1.807, 2.05) is 26.0 Å². The summed E-state index contributed by atoms with van der Waals surface area (Å²) in [6.45, 7) is 11.2. The third-order valence-electron chi connectivity index (χ3n) is 13.0. The summed E-state index contributed by atoms with van der Waals surface area (Å²) in [6.07, 6.45) is 7.89. The number of carbonyl (C=O) groups excluding carboxylic acids is 6. The molecular weight excluding hydrogens is 971 g/mol. The summed E-state index contributed by atoms with van der Waals surface area (Å²) in [5.74, 6) is -1.74. The van der Waals surface area contributed by atoms with Crippen LogP contribution < -0.4 is 28.4 Å². The van der Waals surface area contributed by atoms with Crippen molar-refractivity contribution in [3.63, 3.8) is 0 Å². The number of esters is 6. The molecule has 8 rings (SSSR count). The van der Waals surface area contributed by atoms with Crippen molar-refractivity contribution >= 4 is 68.3 Å². The number of hydrogen-bond donors (Lipinski definition) is 0. The lowest BCUT2D eigenvalue weighted by Gasteiger charge is -2.26. The number of ether oxygens (including phenoxy) is 8. The maximum Gasteiger partial charge on any atom is 0.333 e. The lowest BCUT2D eigenvalue weighted by molar-refractivity contribution is -0.145. The molecule has 2 aliphatic carbocycles. The summed E-state index contributed by atoms with van der Waals surface area (Å²) < 4.78 is 51.2. The highest BCUT2D eigenvalue weighted by molar-refractivity contribution is 7.22. The first kappa shape index (κ1) is 52.5. The summed E-state index contributed by atoms with van der Waals surface area (Å²) >= 11 is 1.25. The van der Waals surface area contributed by atoms with Crippen molar-refractivity contribution in [3.8, 4) is 45.3 Å². The van der Waals surface area contributed by atoms with E-state index in [9.17, 15) is 28.8 Å². The van der Waals surface area contributed by atoms with Crippen LogP contribution in [0.2, 0.25) is 0 Å². The number of fused-ring (bicyclic) bond motifs is 2. The maximum absolute atomic E-state index is 13.8. The predicted octanol–water partition coefficient (Wildman–Crippen LogP) is 11.3. The average molecular weight is 1030 g/mol. The van der Waals surface area contributed by atoms with Crippen molar-refractivity contribution < 1.29 is 71.1 Å². The Kier molecular flexibility index (Phi) is 17.6. The van der Waals surface area contributed by atoms with Crippen molar-refractivity contribution in [2.75, 3.05) is 20.0 Å². The highest BCUT2D eigenvalue weighted by atomic mass is 32.1. The van der Waals surface area contributed by atoms with Crippen LogP contribution in [-0.4, -0.2) is 60.8 Å². The highest BCUT2D eigenvalue weighted by Gasteiger charge is 2.35. The zero-order chi connectivity index (χ0) is 52.1. The van der Waals surface area contributed by atoms with Gasteiger partial charge in [0.2, 0.25) is 6.79 Å². The number of nitrogens with zero attached hydrogens (tertiary/aromatic N) is 1. The summed E-state index contributed by atoms with van der Waals surface area (Å²) in [7, 11) is 0. The second-order valence-corrected chi connectivity index (χ2v) is 19.3. The minimum absolute atomic E-state index is 0.200. The highest BCUT2D eigenvalue weighted by Crippen LogP contribution is 2.44. The first-order valence-electron chi connectivity index (χ1n) is 24.7. The number of aryl methyl sites for hydroxylation is 2. The van der Waals surface area contributed by atoms with E-state index < -0.39 is 53.5 Å². The lowest BCUT2D eigenvalue weighted by atomic mass is 9.82. The molecule has 2 aliphatic rings. The third kappa shape index (κ3) is 13.6. The number of aromatic nitrogens is 1. The number of carbonyl (C=O) groups is 6. The van der Waals surface area contributed by atoms with E-state index in [0.29, 0.717) is 114 Å². The first-order valence-corrected chi connectivity index (χ1v) is 25.5. The van der Waals surface area contributed by atoms with Crippen LogP contribution in [-0.2, 0) is 38.2 Å². The molecule has 0 atom stereocenters. The summed E-state index contributed by atoms with van der Waals surface area (Å²) in [6, 6.07) is 22.3. The molecule has 0 N–H and O–H groups in total. The second-order valence-electron chi connectivity index (χ2n) is 18.3. The van der Waals surface area contributed by atoms with Crippen molar-refractivity contribution in [2.45, 2.75) is 84.5 Å². The fraction of sp³-hybridized carbons (Fsp3) is 0.351. The van der Waals surface area contributed by atoms with Gasteiger partial charge in [0.15, 0.2) is 22.3 Å². The number of rotatable bonds is 21. The van der Waals surface area contributed by atoms with E-state index in [-0.39, 0.29) is 24.3 Å². The molecule has 0 amide bonds. The molecule has 16 nitrogen and oxygen atoms in total. The summed E-state index contributed by atoms with van der Waals surface area (Å²) in [5, 5.41) is 1.44. The molecule has 4 aromatic carbocycles. The van der Waals surface area contributed by atoms with Gasteiger partial charge in [0.25, 0.3) is 0 Å². The molecule has 2 fully saturated rings. The fourth-order valence-electron chi connectivity index (χ4n) is 8.96. The monoisotopic (exact) mass is 1030 g/mol. The maximum atomic E-state index is 13.8. The van der Waals surface area contributed by atoms with Gasteiger partial charge in [-0.1, -0.05) is 19.2 Å². The van der Waals surface area contributed by atoms with Crippen LogP contribution in [0.15, 0.2) is 109 Å². The van der Waals surface area contributed by atoms with Crippen molar-refractivity contribution in [3.05, 3.63) is 115 Å². The molecule has 2 saturated carbocycles. The van der Waals surface area contributed by atoms with Crippen LogP contribution in [0.3, 0.4) is 0 Å². The quantitative estimate of drug-likeness (QED) is 0.0216. The number of thiazole rings is 1. The lowest BCUT2D eigenvalue weighted by Crippen LogP contribution is -2.30. The SMILES string of the molecule is C=CC(=O)OCCCCCOc1ccc(OC(=O)[C@H]2CC[C@H](C(=O)Oc3ccc(OC(=O)[C@H]4CC[C@H](C(=O)Oc5ccc(OCOC(=O)C=C)cc5)CC4)c4sc(-c5cc6c(C)cc(C)cc6o5)nc34)CC2)cc1. The minimum Gasteiger partial charge on any atom is -0.494 e. The number of furan rings is 1. The van der Waals surface area contributed by atoms with Crippen LogP contribution in [0.25, 0.3) is 32.0 Å². The Balaban J connectivity index is 0.861. The van der Waals surface area contributed by atoms with Crippen LogP contribution in [0, 0.1) is 37.5 Å². The number of hydrogen-bond acceptors (Lipinski definition) is 17. The molecule has 74 heavy (non-hydrogen) atoms. The molecule has 0 spiro atoms. The van der Waals surface area contributed by atoms with Gasteiger partial charge < -0.3 is 42.3 Å². The van der Waals surface area contributed by atoms with E-state index in [4.69, 9.17) is 47.3 Å². The molecule has 2 heterocycles. The molecule has 0 bridgehead atoms. The zero-order valence-corrected chi connectivity index (χ0v) is 42.1. The van der Waals surface area contributed by atoms with Gasteiger partial charge in [0, 0.05) is 17.5 Å². The smallest absolute Gasteiger partial charge is 0.333 e. The van der Waals surface area contributed by atoms with Gasteiger partial charge in [0.05, 0.1) is 36.9 Å². The average Bonchev–Trinajstić information content (AvgIpc) is 4.06. The topological polar surface area (TPSA) is 202 Å². The van der Waals surface area contributed by atoms with Crippen molar-refractivity contribution in [2.24, 2.45) is 23.7 Å². The van der Waals surface area contributed by atoms with Crippen LogP contribution in [0.1, 0.15) is 81.8 Å². The van der Waals surface area contributed by atoms with Crippen LogP contribution >= 0.6 is 11.3 Å².